The minimum atomic E-state index is -0.636. The van der Waals surface area contributed by atoms with Gasteiger partial charge in [0.1, 0.15) is 11.6 Å². The molecule has 0 bridgehead atoms. The van der Waals surface area contributed by atoms with Crippen LogP contribution in [0.15, 0.2) is 42.7 Å². The van der Waals surface area contributed by atoms with Crippen LogP contribution in [-0.4, -0.2) is 61.3 Å². The molecule has 3 aromatic heterocycles. The molecule has 2 aliphatic rings. The van der Waals surface area contributed by atoms with Gasteiger partial charge in [0.25, 0.3) is 0 Å². The Morgan fingerprint density at radius 3 is 2.57 bits per heavy atom. The third-order valence-corrected chi connectivity index (χ3v) is 8.02. The van der Waals surface area contributed by atoms with Crippen LogP contribution >= 0.6 is 11.3 Å². The molecule has 1 saturated heterocycles. The zero-order valence-electron chi connectivity index (χ0n) is 19.8. The molecular formula is C26H31N5O3S. The third kappa shape index (κ3) is 5.69. The third-order valence-electron chi connectivity index (χ3n) is 6.84. The van der Waals surface area contributed by atoms with Gasteiger partial charge in [-0.25, -0.2) is 15.0 Å². The van der Waals surface area contributed by atoms with E-state index in [0.717, 1.165) is 58.5 Å². The number of aryl methyl sites for hydroxylation is 1. The van der Waals surface area contributed by atoms with Crippen LogP contribution in [0.5, 0.6) is 0 Å². The van der Waals surface area contributed by atoms with Crippen molar-refractivity contribution in [2.45, 2.75) is 57.2 Å². The number of thiazole rings is 1. The van der Waals surface area contributed by atoms with Crippen molar-refractivity contribution in [2.75, 3.05) is 18.4 Å². The number of aliphatic hydroxyl groups excluding tert-OH is 2. The van der Waals surface area contributed by atoms with Gasteiger partial charge in [-0.2, -0.15) is 0 Å². The number of carbonyl (C=O) groups excluding carboxylic acids is 1. The van der Waals surface area contributed by atoms with Gasteiger partial charge in [0, 0.05) is 43.7 Å². The van der Waals surface area contributed by atoms with Crippen LogP contribution in [0.4, 0.5) is 11.6 Å². The number of aromatic nitrogens is 3. The molecule has 3 N–H and O–H groups in total. The van der Waals surface area contributed by atoms with Crippen LogP contribution in [0, 0.1) is 12.8 Å². The quantitative estimate of drug-likeness (QED) is 0.495. The lowest BCUT2D eigenvalue weighted by Gasteiger charge is -2.37. The normalized spacial score (nSPS) is 24.8. The predicted molar refractivity (Wildman–Crippen MR) is 136 cm³/mol. The summed E-state index contributed by atoms with van der Waals surface area (Å²) in [5.41, 5.74) is 2.01. The summed E-state index contributed by atoms with van der Waals surface area (Å²) in [5, 5.41) is 24.2. The zero-order valence-corrected chi connectivity index (χ0v) is 20.6. The Balaban J connectivity index is 1.20. The zero-order chi connectivity index (χ0) is 24.4. The summed E-state index contributed by atoms with van der Waals surface area (Å²) >= 11 is 1.67. The number of likely N-dealkylation sites (tertiary alicyclic amines) is 1. The molecule has 1 aliphatic heterocycles. The highest BCUT2D eigenvalue weighted by Gasteiger charge is 2.34. The number of pyridine rings is 2. The summed E-state index contributed by atoms with van der Waals surface area (Å²) < 4.78 is 0. The summed E-state index contributed by atoms with van der Waals surface area (Å²) in [4.78, 5) is 29.4. The highest BCUT2D eigenvalue weighted by molar-refractivity contribution is 7.15. The molecule has 5 rings (SSSR count). The highest BCUT2D eigenvalue weighted by Crippen LogP contribution is 2.40. The van der Waals surface area contributed by atoms with Crippen molar-refractivity contribution in [1.82, 2.24) is 19.9 Å². The second kappa shape index (κ2) is 10.4. The van der Waals surface area contributed by atoms with E-state index in [9.17, 15) is 15.0 Å². The number of hydrogen-bond donors (Lipinski definition) is 3. The van der Waals surface area contributed by atoms with E-state index < -0.39 is 12.2 Å². The van der Waals surface area contributed by atoms with Crippen LogP contribution in [0.2, 0.25) is 0 Å². The second-order valence-corrected chi connectivity index (χ2v) is 10.7. The van der Waals surface area contributed by atoms with Crippen molar-refractivity contribution in [3.8, 4) is 10.6 Å². The van der Waals surface area contributed by atoms with E-state index in [4.69, 9.17) is 9.97 Å². The lowest BCUT2D eigenvalue weighted by atomic mass is 9.81. The molecule has 2 fully saturated rings. The van der Waals surface area contributed by atoms with Gasteiger partial charge in [0.2, 0.25) is 5.91 Å². The number of piperidine rings is 1. The van der Waals surface area contributed by atoms with E-state index in [1.54, 1.807) is 22.4 Å². The fourth-order valence-corrected chi connectivity index (χ4v) is 6.10. The van der Waals surface area contributed by atoms with Crippen molar-refractivity contribution in [3.63, 3.8) is 0 Å². The van der Waals surface area contributed by atoms with E-state index in [1.807, 2.05) is 43.5 Å². The molecule has 35 heavy (non-hydrogen) atoms. The first kappa shape index (κ1) is 23.8. The Hall–Kier alpha value is -2.88. The average molecular weight is 494 g/mol. The van der Waals surface area contributed by atoms with E-state index in [-0.39, 0.29) is 11.8 Å². The number of nitrogens with zero attached hydrogens (tertiary/aromatic N) is 4. The molecular weight excluding hydrogens is 462 g/mol. The maximum Gasteiger partial charge on any atom is 0.225 e. The first-order valence-electron chi connectivity index (χ1n) is 12.2. The number of rotatable bonds is 5. The first-order valence-corrected chi connectivity index (χ1v) is 13.0. The topological polar surface area (TPSA) is 111 Å². The molecule has 1 saturated carbocycles. The van der Waals surface area contributed by atoms with E-state index in [0.29, 0.717) is 25.4 Å². The van der Waals surface area contributed by atoms with Gasteiger partial charge in [-0.3, -0.25) is 4.79 Å². The minimum absolute atomic E-state index is 0.0390. The predicted octanol–water partition coefficient (Wildman–Crippen LogP) is 3.88. The van der Waals surface area contributed by atoms with E-state index in [1.165, 1.54) is 0 Å². The first-order chi connectivity index (χ1) is 16.9. The van der Waals surface area contributed by atoms with Gasteiger partial charge in [0.15, 0.2) is 0 Å². The highest BCUT2D eigenvalue weighted by atomic mass is 32.1. The van der Waals surface area contributed by atoms with Crippen LogP contribution in [-0.2, 0) is 4.79 Å². The van der Waals surface area contributed by atoms with Gasteiger partial charge in [-0.1, -0.05) is 6.07 Å². The van der Waals surface area contributed by atoms with Crippen molar-refractivity contribution >= 4 is 28.9 Å². The molecule has 8 nitrogen and oxygen atoms in total. The van der Waals surface area contributed by atoms with Gasteiger partial charge >= 0.3 is 0 Å². The number of nitrogens with one attached hydrogen (secondary N) is 1. The molecule has 0 unspecified atom stereocenters. The number of amides is 1. The fraction of sp³-hybridized carbons (Fsp3) is 0.462. The monoisotopic (exact) mass is 493 g/mol. The Morgan fingerprint density at radius 1 is 1.06 bits per heavy atom. The van der Waals surface area contributed by atoms with Crippen molar-refractivity contribution in [2.24, 2.45) is 5.92 Å². The van der Waals surface area contributed by atoms with Gasteiger partial charge in [-0.15, -0.1) is 11.3 Å². The van der Waals surface area contributed by atoms with Crippen LogP contribution in [0.25, 0.3) is 10.6 Å². The maximum absolute atomic E-state index is 12.9. The molecule has 0 radical (unpaired) electrons. The molecule has 2 atom stereocenters. The Kier molecular flexibility index (Phi) is 7.08. The Morgan fingerprint density at radius 2 is 1.83 bits per heavy atom. The van der Waals surface area contributed by atoms with E-state index >= 15 is 0 Å². The number of carbonyl (C=O) groups is 1. The molecule has 0 aromatic carbocycles. The number of aliphatic hydroxyl groups is 2. The van der Waals surface area contributed by atoms with Crippen LogP contribution < -0.4 is 5.32 Å². The minimum Gasteiger partial charge on any atom is -0.391 e. The summed E-state index contributed by atoms with van der Waals surface area (Å²) in [6, 6.07) is 9.83. The summed E-state index contributed by atoms with van der Waals surface area (Å²) in [5.74, 6) is 1.87. The van der Waals surface area contributed by atoms with E-state index in [2.05, 4.69) is 10.3 Å². The molecule has 4 heterocycles. The number of β-amino-alcohol motifs (C(OH)–C–C–N with tert-alkyl or cyclic N) is 2. The summed E-state index contributed by atoms with van der Waals surface area (Å²) in [7, 11) is 0. The molecule has 1 amide bonds. The Labute approximate surface area is 209 Å². The maximum atomic E-state index is 12.9. The van der Waals surface area contributed by atoms with Crippen LogP contribution in [0.3, 0.4) is 0 Å². The smallest absolute Gasteiger partial charge is 0.225 e. The second-order valence-electron chi connectivity index (χ2n) is 9.65. The van der Waals surface area contributed by atoms with Gasteiger partial charge < -0.3 is 20.4 Å². The number of hydrogen-bond acceptors (Lipinski definition) is 8. The SMILES string of the molecule is Cc1ccnc(Nc2cccc(-c3cnc(C4CCC(C(=O)N5C[C@H](O)C[C@@H](O)C5)CC4)s3)n2)c1. The molecule has 1 aliphatic carbocycles. The van der Waals surface area contributed by atoms with Gasteiger partial charge in [-0.05, 0) is 62.4 Å². The number of anilines is 2. The lowest BCUT2D eigenvalue weighted by molar-refractivity contribution is -0.143. The van der Waals surface area contributed by atoms with Crippen molar-refractivity contribution < 1.29 is 15.0 Å². The van der Waals surface area contributed by atoms with Crippen molar-refractivity contribution in [1.29, 1.82) is 0 Å². The fourth-order valence-electron chi connectivity index (χ4n) is 5.04. The molecule has 184 valence electrons. The summed E-state index contributed by atoms with van der Waals surface area (Å²) in [6.07, 6.45) is 6.19. The molecule has 9 heteroatoms. The largest absolute Gasteiger partial charge is 0.391 e. The summed E-state index contributed by atoms with van der Waals surface area (Å²) in [6.45, 7) is 2.68. The van der Waals surface area contributed by atoms with Crippen LogP contribution in [0.1, 0.15) is 48.6 Å². The standard InChI is InChI=1S/C26H31N5O3S/c1-16-9-10-27-24(11-16)30-23-4-2-3-21(29-23)22-13-28-25(35-22)17-5-7-18(8-6-17)26(34)31-14-19(32)12-20(33)15-31/h2-4,9-11,13,17-20,32-33H,5-8,12,14-15H2,1H3,(H,27,29,30)/t17?,18?,19-,20-/m1/s1. The molecule has 0 spiro atoms. The Bertz CT molecular complexity index is 1170. The van der Waals surface area contributed by atoms with Gasteiger partial charge in [0.05, 0.1) is 27.8 Å². The molecule has 3 aromatic rings. The van der Waals surface area contributed by atoms with Crippen molar-refractivity contribution in [3.05, 3.63) is 53.3 Å². The average Bonchev–Trinajstić information content (AvgIpc) is 3.34. The lowest BCUT2D eigenvalue weighted by Crippen LogP contribution is -2.50.